The molecule has 0 spiro atoms. The third-order valence-electron chi connectivity index (χ3n) is 2.66. The van der Waals surface area contributed by atoms with Gasteiger partial charge in [-0.3, -0.25) is 4.79 Å². The van der Waals surface area contributed by atoms with Gasteiger partial charge in [-0.2, -0.15) is 0 Å². The van der Waals surface area contributed by atoms with Crippen molar-refractivity contribution in [3.05, 3.63) is 35.9 Å². The van der Waals surface area contributed by atoms with Gasteiger partial charge < -0.3 is 14.3 Å². The van der Waals surface area contributed by atoms with E-state index in [1.807, 2.05) is 30.3 Å². The van der Waals surface area contributed by atoms with Crippen LogP contribution in [0.2, 0.25) is 0 Å². The average Bonchev–Trinajstić information content (AvgIpc) is 2.38. The van der Waals surface area contributed by atoms with Gasteiger partial charge in [-0.1, -0.05) is 30.3 Å². The molecule has 98 valence electrons. The van der Waals surface area contributed by atoms with Crippen molar-refractivity contribution in [2.45, 2.75) is 20.0 Å². The molecule has 1 aromatic carbocycles. The maximum atomic E-state index is 11.3. The largest absolute Gasteiger partial charge is 0.493 e. The van der Waals surface area contributed by atoms with Crippen molar-refractivity contribution in [2.24, 2.45) is 5.92 Å². The first kappa shape index (κ1) is 14.4. The SMILES string of the molecule is COC(=[OH+])C(CCOCc1ccccc1)C(C)=O. The zero-order valence-corrected chi connectivity index (χ0v) is 10.8. The van der Waals surface area contributed by atoms with Gasteiger partial charge >= 0.3 is 5.97 Å². The van der Waals surface area contributed by atoms with E-state index in [0.717, 1.165) is 5.56 Å². The number of ketones is 1. The third-order valence-corrected chi connectivity index (χ3v) is 2.66. The maximum absolute atomic E-state index is 11.3. The van der Waals surface area contributed by atoms with Gasteiger partial charge in [-0.15, -0.1) is 0 Å². The molecule has 0 fully saturated rings. The molecule has 0 saturated carbocycles. The molecule has 0 aromatic heterocycles. The molecule has 1 atom stereocenters. The molecule has 18 heavy (non-hydrogen) atoms. The zero-order valence-electron chi connectivity index (χ0n) is 10.8. The van der Waals surface area contributed by atoms with Gasteiger partial charge in [0.15, 0.2) is 13.0 Å². The molecule has 1 unspecified atom stereocenters. The second-order valence-electron chi connectivity index (χ2n) is 4.03. The van der Waals surface area contributed by atoms with Crippen molar-refractivity contribution in [1.82, 2.24) is 0 Å². The Morgan fingerprint density at radius 3 is 2.56 bits per heavy atom. The molecule has 0 heterocycles. The molecule has 1 aromatic rings. The lowest BCUT2D eigenvalue weighted by Gasteiger charge is -2.07. The summed E-state index contributed by atoms with van der Waals surface area (Å²) in [5, 5.41) is 0. The molecule has 0 aliphatic heterocycles. The van der Waals surface area contributed by atoms with Crippen LogP contribution in [0.5, 0.6) is 0 Å². The second-order valence-corrected chi connectivity index (χ2v) is 4.03. The predicted molar refractivity (Wildman–Crippen MR) is 68.8 cm³/mol. The van der Waals surface area contributed by atoms with Crippen molar-refractivity contribution in [3.8, 4) is 0 Å². The number of benzene rings is 1. The summed E-state index contributed by atoms with van der Waals surface area (Å²) < 4.78 is 10.1. The highest BCUT2D eigenvalue weighted by atomic mass is 16.5. The molecule has 4 nitrogen and oxygen atoms in total. The van der Waals surface area contributed by atoms with Crippen LogP contribution in [-0.2, 0) is 20.9 Å². The quantitative estimate of drug-likeness (QED) is 0.322. The normalized spacial score (nSPS) is 11.9. The van der Waals surface area contributed by atoms with E-state index < -0.39 is 5.92 Å². The minimum Gasteiger partial charge on any atom is -0.377 e. The Morgan fingerprint density at radius 2 is 2.00 bits per heavy atom. The van der Waals surface area contributed by atoms with Gasteiger partial charge in [0.2, 0.25) is 0 Å². The third kappa shape index (κ3) is 4.67. The maximum Gasteiger partial charge on any atom is 0.493 e. The van der Waals surface area contributed by atoms with Gasteiger partial charge in [0.05, 0.1) is 6.61 Å². The summed E-state index contributed by atoms with van der Waals surface area (Å²) >= 11 is 0. The van der Waals surface area contributed by atoms with E-state index in [0.29, 0.717) is 19.6 Å². The van der Waals surface area contributed by atoms with Crippen LogP contribution in [0.25, 0.3) is 0 Å². The molecule has 1 N–H and O–H groups in total. The first-order chi connectivity index (χ1) is 8.65. The average molecular weight is 251 g/mol. The van der Waals surface area contributed by atoms with Crippen LogP contribution >= 0.6 is 0 Å². The zero-order chi connectivity index (χ0) is 13.4. The molecule has 0 radical (unpaired) electrons. The fourth-order valence-electron chi connectivity index (χ4n) is 1.61. The number of hydrogen-bond acceptors (Lipinski definition) is 3. The number of ether oxygens (including phenoxy) is 2. The lowest BCUT2D eigenvalue weighted by molar-refractivity contribution is -0.119. The standard InChI is InChI=1S/C14H18O4/c1-11(15)13(14(16)17-2)8-9-18-10-12-6-4-3-5-7-12/h3-7,13H,8-10H2,1-2H3/p+1. The van der Waals surface area contributed by atoms with E-state index in [1.54, 1.807) is 0 Å². The van der Waals surface area contributed by atoms with Crippen LogP contribution in [0, 0.1) is 5.92 Å². The van der Waals surface area contributed by atoms with Crippen LogP contribution in [0.1, 0.15) is 18.9 Å². The van der Waals surface area contributed by atoms with E-state index in [4.69, 9.17) is 4.74 Å². The predicted octanol–water partition coefficient (Wildman–Crippen LogP) is 1.95. The Hall–Kier alpha value is -1.68. The molecule has 0 bridgehead atoms. The summed E-state index contributed by atoms with van der Waals surface area (Å²) in [7, 11) is 1.34. The fourth-order valence-corrected chi connectivity index (χ4v) is 1.61. The summed E-state index contributed by atoms with van der Waals surface area (Å²) in [6, 6.07) is 9.78. The Bertz CT molecular complexity index is 386. The Morgan fingerprint density at radius 1 is 1.33 bits per heavy atom. The van der Waals surface area contributed by atoms with E-state index >= 15 is 0 Å². The molecule has 0 saturated heterocycles. The van der Waals surface area contributed by atoms with Crippen LogP contribution in [-0.4, -0.2) is 30.3 Å². The van der Waals surface area contributed by atoms with Gasteiger partial charge in [0.25, 0.3) is 0 Å². The van der Waals surface area contributed by atoms with Crippen molar-refractivity contribution >= 4 is 11.8 Å². The molecular weight excluding hydrogens is 232 g/mol. The summed E-state index contributed by atoms with van der Waals surface area (Å²) in [5.74, 6) is -0.978. The van der Waals surface area contributed by atoms with E-state index in [1.165, 1.54) is 14.0 Å². The van der Waals surface area contributed by atoms with Gasteiger partial charge in [-0.05, 0) is 18.9 Å². The first-order valence-corrected chi connectivity index (χ1v) is 5.87. The van der Waals surface area contributed by atoms with Crippen molar-refractivity contribution in [2.75, 3.05) is 13.7 Å². The van der Waals surface area contributed by atoms with Gasteiger partial charge in [-0.25, -0.2) is 0 Å². The summed E-state index contributed by atoms with van der Waals surface area (Å²) in [6.07, 6.45) is 0.418. The number of Topliss-reactive ketones (excluding diaryl/α,β-unsaturated/α-hetero) is 1. The number of carbonyl (C=O) groups is 1. The number of carbonyl (C=O) groups excluding carboxylic acids is 2. The second kappa shape index (κ2) is 7.61. The van der Waals surface area contributed by atoms with Crippen LogP contribution < -0.4 is 0 Å². The fraction of sp³-hybridized carbons (Fsp3) is 0.429. The number of methoxy groups -OCH3 is 1. The van der Waals surface area contributed by atoms with Crippen molar-refractivity contribution in [3.63, 3.8) is 0 Å². The highest BCUT2D eigenvalue weighted by molar-refractivity contribution is 5.98. The summed E-state index contributed by atoms with van der Waals surface area (Å²) in [5.41, 5.74) is 1.08. The highest BCUT2D eigenvalue weighted by Gasteiger charge is 2.30. The Labute approximate surface area is 107 Å². The molecule has 4 heteroatoms. The topological polar surface area (TPSA) is 56.9 Å². The summed E-state index contributed by atoms with van der Waals surface area (Å²) in [6.45, 7) is 2.32. The van der Waals surface area contributed by atoms with Crippen molar-refractivity contribution in [1.29, 1.82) is 0 Å². The smallest absolute Gasteiger partial charge is 0.377 e. The van der Waals surface area contributed by atoms with Crippen LogP contribution in [0.4, 0.5) is 0 Å². The minimum absolute atomic E-state index is 0.127. The Kier molecular flexibility index (Phi) is 6.08. The van der Waals surface area contributed by atoms with E-state index in [-0.39, 0.29) is 11.8 Å². The molecule has 0 amide bonds. The summed E-state index contributed by atoms with van der Waals surface area (Å²) in [4.78, 5) is 20.7. The van der Waals surface area contributed by atoms with E-state index in [2.05, 4.69) is 4.74 Å². The van der Waals surface area contributed by atoms with E-state index in [9.17, 15) is 9.59 Å². The highest BCUT2D eigenvalue weighted by Crippen LogP contribution is 2.08. The number of esters is 1. The minimum atomic E-state index is -0.606. The molecule has 0 aliphatic carbocycles. The first-order valence-electron chi connectivity index (χ1n) is 5.87. The van der Waals surface area contributed by atoms with Crippen LogP contribution in [0.3, 0.4) is 0 Å². The molecule has 0 aliphatic rings. The number of rotatable bonds is 7. The number of hydrogen-bond donors (Lipinski definition) is 0. The van der Waals surface area contributed by atoms with Gasteiger partial charge in [0, 0.05) is 6.61 Å². The van der Waals surface area contributed by atoms with Crippen LogP contribution in [0.15, 0.2) is 30.3 Å². The monoisotopic (exact) mass is 251 g/mol. The Balaban J connectivity index is 2.31. The molecular formula is C14H19O4+. The lowest BCUT2D eigenvalue weighted by atomic mass is 10.0. The van der Waals surface area contributed by atoms with Gasteiger partial charge in [0.1, 0.15) is 5.78 Å². The van der Waals surface area contributed by atoms with Crippen molar-refractivity contribution < 1.29 is 19.1 Å². The molecule has 1 rings (SSSR count). The lowest BCUT2D eigenvalue weighted by Crippen LogP contribution is -2.25.